The topological polar surface area (TPSA) is 12.0 Å². The lowest BCUT2D eigenvalue weighted by Crippen LogP contribution is -2.19. The summed E-state index contributed by atoms with van der Waals surface area (Å²) in [7, 11) is 2.04. The van der Waals surface area contributed by atoms with E-state index < -0.39 is 0 Å². The number of aryl methyl sites for hydroxylation is 3. The molecular weight excluding hydrogens is 262 g/mol. The molecule has 2 aromatic carbocycles. The van der Waals surface area contributed by atoms with Crippen molar-refractivity contribution in [1.82, 2.24) is 5.32 Å². The van der Waals surface area contributed by atoms with E-state index >= 15 is 0 Å². The van der Waals surface area contributed by atoms with Crippen molar-refractivity contribution in [2.45, 2.75) is 31.7 Å². The second-order valence-electron chi connectivity index (χ2n) is 5.33. The molecule has 0 saturated carbocycles. The van der Waals surface area contributed by atoms with Crippen LogP contribution in [0.5, 0.6) is 0 Å². The number of nitrogens with one attached hydrogen (secondary N) is 1. The molecule has 0 radical (unpaired) electrons. The van der Waals surface area contributed by atoms with Crippen LogP contribution in [0.3, 0.4) is 0 Å². The van der Waals surface area contributed by atoms with Gasteiger partial charge < -0.3 is 5.32 Å². The molecule has 0 aliphatic rings. The summed E-state index contributed by atoms with van der Waals surface area (Å²) in [5.41, 5.74) is 5.42. The van der Waals surface area contributed by atoms with E-state index in [1.165, 1.54) is 27.1 Å². The molecule has 1 unspecified atom stereocenters. The summed E-state index contributed by atoms with van der Waals surface area (Å²) in [4.78, 5) is 1.34. The largest absolute Gasteiger partial charge is 0.312 e. The summed E-state index contributed by atoms with van der Waals surface area (Å²) < 4.78 is 0. The molecule has 2 aromatic rings. The summed E-state index contributed by atoms with van der Waals surface area (Å²) in [5, 5.41) is 3.45. The zero-order valence-electron chi connectivity index (χ0n) is 12.7. The fourth-order valence-corrected chi connectivity index (χ4v) is 3.50. The van der Waals surface area contributed by atoms with Crippen molar-refractivity contribution in [1.29, 1.82) is 0 Å². The number of thioether (sulfide) groups is 1. The number of hydrogen-bond acceptors (Lipinski definition) is 2. The van der Waals surface area contributed by atoms with Crippen LogP contribution < -0.4 is 5.32 Å². The van der Waals surface area contributed by atoms with Crippen LogP contribution in [0.25, 0.3) is 0 Å². The summed E-state index contributed by atoms with van der Waals surface area (Å²) >= 11 is 1.91. The normalized spacial score (nSPS) is 12.4. The molecule has 0 amide bonds. The van der Waals surface area contributed by atoms with Crippen LogP contribution in [-0.2, 0) is 0 Å². The van der Waals surface area contributed by atoms with Gasteiger partial charge in [-0.2, -0.15) is 0 Å². The minimum absolute atomic E-state index is 0.389. The average Bonchev–Trinajstić information content (AvgIpc) is 2.43. The number of benzene rings is 2. The van der Waals surface area contributed by atoms with Crippen molar-refractivity contribution < 1.29 is 0 Å². The molecule has 1 N–H and O–H groups in total. The Balaban J connectivity index is 2.11. The molecule has 106 valence electrons. The van der Waals surface area contributed by atoms with Crippen molar-refractivity contribution in [2.75, 3.05) is 12.8 Å². The van der Waals surface area contributed by atoms with Gasteiger partial charge in [-0.15, -0.1) is 11.8 Å². The Morgan fingerprint density at radius 2 is 1.75 bits per heavy atom. The van der Waals surface area contributed by atoms with Crippen LogP contribution in [0.15, 0.2) is 47.4 Å². The quantitative estimate of drug-likeness (QED) is 0.802. The maximum absolute atomic E-state index is 3.45. The lowest BCUT2D eigenvalue weighted by atomic mass is 10.0. The van der Waals surface area contributed by atoms with Crippen molar-refractivity contribution in [3.05, 3.63) is 64.7 Å². The van der Waals surface area contributed by atoms with Gasteiger partial charge in [-0.3, -0.25) is 0 Å². The van der Waals surface area contributed by atoms with Crippen molar-refractivity contribution in [2.24, 2.45) is 0 Å². The summed E-state index contributed by atoms with van der Waals surface area (Å²) in [6.45, 7) is 6.49. The highest BCUT2D eigenvalue weighted by molar-refractivity contribution is 7.99. The van der Waals surface area contributed by atoms with Crippen LogP contribution in [0, 0.1) is 20.8 Å². The molecule has 0 saturated heterocycles. The first-order valence-electron chi connectivity index (χ1n) is 7.04. The van der Waals surface area contributed by atoms with Gasteiger partial charge in [-0.1, -0.05) is 41.5 Å². The third kappa shape index (κ3) is 3.87. The van der Waals surface area contributed by atoms with Crippen LogP contribution in [0.2, 0.25) is 0 Å². The lowest BCUT2D eigenvalue weighted by Gasteiger charge is -2.19. The number of hydrogen-bond donors (Lipinski definition) is 1. The average molecular weight is 285 g/mol. The van der Waals surface area contributed by atoms with Crippen LogP contribution in [0.1, 0.15) is 28.3 Å². The molecule has 20 heavy (non-hydrogen) atoms. The fraction of sp³-hybridized carbons (Fsp3) is 0.333. The van der Waals surface area contributed by atoms with Crippen LogP contribution >= 0.6 is 11.8 Å². The van der Waals surface area contributed by atoms with E-state index in [4.69, 9.17) is 0 Å². The van der Waals surface area contributed by atoms with Crippen molar-refractivity contribution in [3.8, 4) is 0 Å². The molecule has 0 aliphatic carbocycles. The van der Waals surface area contributed by atoms with Crippen LogP contribution in [0.4, 0.5) is 0 Å². The molecule has 0 heterocycles. The predicted molar refractivity (Wildman–Crippen MR) is 89.6 cm³/mol. The van der Waals surface area contributed by atoms with E-state index in [1.54, 1.807) is 0 Å². The number of rotatable bonds is 5. The van der Waals surface area contributed by atoms with Gasteiger partial charge in [0.1, 0.15) is 0 Å². The minimum atomic E-state index is 0.389. The first kappa shape index (κ1) is 15.1. The molecule has 1 nitrogen and oxygen atoms in total. The smallest absolute Gasteiger partial charge is 0.0415 e. The summed E-state index contributed by atoms with van der Waals surface area (Å²) in [6, 6.07) is 15.8. The maximum Gasteiger partial charge on any atom is 0.0415 e. The van der Waals surface area contributed by atoms with Crippen molar-refractivity contribution >= 4 is 11.8 Å². The first-order chi connectivity index (χ1) is 9.60. The standard InChI is InChI=1S/C18H23NS/c1-13-6-5-7-16(10-13)20-12-18(19-4)17-11-14(2)8-9-15(17)3/h5-11,18-19H,12H2,1-4H3. The lowest BCUT2D eigenvalue weighted by molar-refractivity contribution is 0.657. The van der Waals surface area contributed by atoms with Gasteiger partial charge in [0.2, 0.25) is 0 Å². The van der Waals surface area contributed by atoms with E-state index in [0.29, 0.717) is 6.04 Å². The van der Waals surface area contributed by atoms with Crippen molar-refractivity contribution in [3.63, 3.8) is 0 Å². The van der Waals surface area contributed by atoms with Gasteiger partial charge in [0.05, 0.1) is 0 Å². The molecule has 0 fully saturated rings. The third-order valence-electron chi connectivity index (χ3n) is 3.56. The van der Waals surface area contributed by atoms with Gasteiger partial charge in [0.25, 0.3) is 0 Å². The predicted octanol–water partition coefficient (Wildman–Crippen LogP) is 4.66. The van der Waals surface area contributed by atoms with E-state index in [1.807, 2.05) is 18.8 Å². The van der Waals surface area contributed by atoms with Crippen LogP contribution in [-0.4, -0.2) is 12.8 Å². The Morgan fingerprint density at radius 3 is 2.45 bits per heavy atom. The zero-order chi connectivity index (χ0) is 14.5. The molecule has 2 heteroatoms. The van der Waals surface area contributed by atoms with E-state index in [2.05, 4.69) is 68.6 Å². The second-order valence-corrected chi connectivity index (χ2v) is 6.42. The minimum Gasteiger partial charge on any atom is -0.312 e. The van der Waals surface area contributed by atoms with Gasteiger partial charge in [-0.25, -0.2) is 0 Å². The highest BCUT2D eigenvalue weighted by Gasteiger charge is 2.12. The van der Waals surface area contributed by atoms with Gasteiger partial charge in [-0.05, 0) is 51.1 Å². The summed E-state index contributed by atoms with van der Waals surface area (Å²) in [5.74, 6) is 1.05. The molecule has 0 bridgehead atoms. The summed E-state index contributed by atoms with van der Waals surface area (Å²) in [6.07, 6.45) is 0. The molecule has 0 aromatic heterocycles. The SMILES string of the molecule is CNC(CSc1cccc(C)c1)c1cc(C)ccc1C. The van der Waals surface area contributed by atoms with Gasteiger partial charge in [0.15, 0.2) is 0 Å². The molecule has 1 atom stereocenters. The highest BCUT2D eigenvalue weighted by atomic mass is 32.2. The Bertz CT molecular complexity index is 577. The molecule has 2 rings (SSSR count). The molecular formula is C18H23NS. The zero-order valence-corrected chi connectivity index (χ0v) is 13.6. The maximum atomic E-state index is 3.45. The van der Waals surface area contributed by atoms with E-state index in [0.717, 1.165) is 5.75 Å². The Morgan fingerprint density at radius 1 is 1.00 bits per heavy atom. The Kier molecular flexibility index (Phi) is 5.27. The fourth-order valence-electron chi connectivity index (χ4n) is 2.35. The Labute approximate surface area is 126 Å². The molecule has 0 aliphatic heterocycles. The van der Waals surface area contributed by atoms with Gasteiger partial charge in [0, 0.05) is 16.7 Å². The van der Waals surface area contributed by atoms with Gasteiger partial charge >= 0.3 is 0 Å². The second kappa shape index (κ2) is 6.96. The van der Waals surface area contributed by atoms with E-state index in [-0.39, 0.29) is 0 Å². The molecule has 0 spiro atoms. The highest BCUT2D eigenvalue weighted by Crippen LogP contribution is 2.27. The first-order valence-corrected chi connectivity index (χ1v) is 8.02. The monoisotopic (exact) mass is 285 g/mol. The third-order valence-corrected chi connectivity index (χ3v) is 4.65. The van der Waals surface area contributed by atoms with E-state index in [9.17, 15) is 0 Å². The Hall–Kier alpha value is -1.25.